The first-order chi connectivity index (χ1) is 10.2. The predicted octanol–water partition coefficient (Wildman–Crippen LogP) is 3.12. The van der Waals surface area contributed by atoms with Crippen LogP contribution in [0.3, 0.4) is 0 Å². The fraction of sp³-hybridized carbons (Fsp3) is 0.611. The second-order valence-corrected chi connectivity index (χ2v) is 6.09. The third kappa shape index (κ3) is 4.31. The highest BCUT2D eigenvalue weighted by Gasteiger charge is 2.35. The second kappa shape index (κ2) is 7.60. The lowest BCUT2D eigenvalue weighted by atomic mass is 10.0. The van der Waals surface area contributed by atoms with Crippen LogP contribution in [0.2, 0.25) is 0 Å². The number of benzene rings is 1. The Morgan fingerprint density at radius 2 is 1.86 bits per heavy atom. The van der Waals surface area contributed by atoms with Crippen molar-refractivity contribution in [1.29, 1.82) is 0 Å². The van der Waals surface area contributed by atoms with Crippen LogP contribution >= 0.6 is 0 Å². The number of hydrogen-bond donors (Lipinski definition) is 1. The average molecular weight is 288 g/mol. The van der Waals surface area contributed by atoms with Crippen LogP contribution in [0.15, 0.2) is 24.3 Å². The molecule has 0 saturated heterocycles. The molecule has 21 heavy (non-hydrogen) atoms. The van der Waals surface area contributed by atoms with Crippen LogP contribution in [0.25, 0.3) is 0 Å². The van der Waals surface area contributed by atoms with Crippen LogP contribution in [-0.2, 0) is 17.8 Å². The standard InChI is InChI=1S/C18H28N2O/c1-3-5-16(12-19)18(21)20(17-10-11-17)13-15-8-6-14(4-2)7-9-15/h6-9,16-17H,3-5,10-13,19H2,1-2H3. The zero-order valence-electron chi connectivity index (χ0n) is 13.3. The van der Waals surface area contributed by atoms with E-state index in [-0.39, 0.29) is 11.8 Å². The zero-order chi connectivity index (χ0) is 15.2. The number of rotatable bonds is 8. The molecule has 2 N–H and O–H groups in total. The third-order valence-electron chi connectivity index (χ3n) is 4.33. The maximum Gasteiger partial charge on any atom is 0.227 e. The molecule has 0 heterocycles. The molecule has 0 spiro atoms. The molecule has 1 aromatic carbocycles. The van der Waals surface area contributed by atoms with Gasteiger partial charge < -0.3 is 10.6 Å². The summed E-state index contributed by atoms with van der Waals surface area (Å²) in [5.41, 5.74) is 8.37. The Hall–Kier alpha value is -1.35. The van der Waals surface area contributed by atoms with Crippen molar-refractivity contribution in [3.63, 3.8) is 0 Å². The molecule has 3 heteroatoms. The summed E-state index contributed by atoms with van der Waals surface area (Å²) in [6.45, 7) is 5.46. The topological polar surface area (TPSA) is 46.3 Å². The smallest absolute Gasteiger partial charge is 0.227 e. The zero-order valence-corrected chi connectivity index (χ0v) is 13.3. The van der Waals surface area contributed by atoms with E-state index in [2.05, 4.69) is 43.0 Å². The molecule has 0 bridgehead atoms. The van der Waals surface area contributed by atoms with E-state index < -0.39 is 0 Å². The van der Waals surface area contributed by atoms with E-state index >= 15 is 0 Å². The van der Waals surface area contributed by atoms with E-state index in [0.29, 0.717) is 12.6 Å². The van der Waals surface area contributed by atoms with Gasteiger partial charge in [-0.05, 0) is 36.8 Å². The van der Waals surface area contributed by atoms with Gasteiger partial charge in [-0.3, -0.25) is 4.79 Å². The Morgan fingerprint density at radius 3 is 2.33 bits per heavy atom. The summed E-state index contributed by atoms with van der Waals surface area (Å²) >= 11 is 0. The van der Waals surface area contributed by atoms with Gasteiger partial charge in [0.15, 0.2) is 0 Å². The molecule has 1 saturated carbocycles. The minimum atomic E-state index is -0.00878. The summed E-state index contributed by atoms with van der Waals surface area (Å²) in [7, 11) is 0. The van der Waals surface area contributed by atoms with Crippen molar-refractivity contribution in [2.24, 2.45) is 11.7 Å². The number of nitrogens with two attached hydrogens (primary N) is 1. The number of carbonyl (C=O) groups excluding carboxylic acids is 1. The quantitative estimate of drug-likeness (QED) is 0.799. The Bertz CT molecular complexity index is 451. The first-order valence-corrected chi connectivity index (χ1v) is 8.27. The Balaban J connectivity index is 2.05. The van der Waals surface area contributed by atoms with Gasteiger partial charge in [0.05, 0.1) is 5.92 Å². The molecule has 0 aliphatic heterocycles. The fourth-order valence-electron chi connectivity index (χ4n) is 2.78. The van der Waals surface area contributed by atoms with E-state index in [0.717, 1.165) is 38.6 Å². The number of hydrogen-bond acceptors (Lipinski definition) is 2. The molecule has 0 aromatic heterocycles. The third-order valence-corrected chi connectivity index (χ3v) is 4.33. The van der Waals surface area contributed by atoms with Crippen LogP contribution in [-0.4, -0.2) is 23.4 Å². The van der Waals surface area contributed by atoms with E-state index in [9.17, 15) is 4.79 Å². The Labute approximate surface area is 128 Å². The van der Waals surface area contributed by atoms with Crippen molar-refractivity contribution in [3.8, 4) is 0 Å². The van der Waals surface area contributed by atoms with Gasteiger partial charge in [-0.1, -0.05) is 44.5 Å². The van der Waals surface area contributed by atoms with Gasteiger partial charge in [0.2, 0.25) is 5.91 Å². The molecular weight excluding hydrogens is 260 g/mol. The lowest BCUT2D eigenvalue weighted by Crippen LogP contribution is -2.40. The van der Waals surface area contributed by atoms with Gasteiger partial charge in [0.25, 0.3) is 0 Å². The largest absolute Gasteiger partial charge is 0.335 e. The van der Waals surface area contributed by atoms with E-state index in [1.807, 2.05) is 0 Å². The number of aryl methyl sites for hydroxylation is 1. The van der Waals surface area contributed by atoms with Crippen LogP contribution < -0.4 is 5.73 Å². The van der Waals surface area contributed by atoms with Gasteiger partial charge in [-0.2, -0.15) is 0 Å². The molecule has 3 nitrogen and oxygen atoms in total. The molecule has 1 fully saturated rings. The second-order valence-electron chi connectivity index (χ2n) is 6.09. The van der Waals surface area contributed by atoms with E-state index in [1.54, 1.807) is 0 Å². The van der Waals surface area contributed by atoms with Crippen molar-refractivity contribution >= 4 is 5.91 Å². The van der Waals surface area contributed by atoms with Crippen molar-refractivity contribution in [2.45, 2.75) is 58.5 Å². The fourth-order valence-corrected chi connectivity index (χ4v) is 2.78. The Morgan fingerprint density at radius 1 is 1.24 bits per heavy atom. The van der Waals surface area contributed by atoms with Crippen LogP contribution in [0, 0.1) is 5.92 Å². The molecule has 116 valence electrons. The highest BCUT2D eigenvalue weighted by atomic mass is 16.2. The summed E-state index contributed by atoms with van der Waals surface area (Å²) in [5, 5.41) is 0. The van der Waals surface area contributed by atoms with Crippen LogP contribution in [0.4, 0.5) is 0 Å². The summed E-state index contributed by atoms with van der Waals surface area (Å²) in [6, 6.07) is 9.07. The normalized spacial score (nSPS) is 15.8. The molecule has 1 atom stereocenters. The molecule has 1 amide bonds. The monoisotopic (exact) mass is 288 g/mol. The Kier molecular flexibility index (Phi) is 5.80. The number of nitrogens with zero attached hydrogens (tertiary/aromatic N) is 1. The highest BCUT2D eigenvalue weighted by molar-refractivity contribution is 5.79. The molecular formula is C18H28N2O. The molecule has 1 unspecified atom stereocenters. The first-order valence-electron chi connectivity index (χ1n) is 8.27. The molecule has 1 aromatic rings. The average Bonchev–Trinajstić information content (AvgIpc) is 3.35. The maximum atomic E-state index is 12.7. The van der Waals surface area contributed by atoms with Crippen molar-refractivity contribution in [1.82, 2.24) is 4.90 Å². The van der Waals surface area contributed by atoms with Gasteiger partial charge in [-0.25, -0.2) is 0 Å². The van der Waals surface area contributed by atoms with E-state index in [4.69, 9.17) is 5.73 Å². The SMILES string of the molecule is CCCC(CN)C(=O)N(Cc1ccc(CC)cc1)C1CC1. The lowest BCUT2D eigenvalue weighted by Gasteiger charge is -2.27. The van der Waals surface area contributed by atoms with Gasteiger partial charge >= 0.3 is 0 Å². The molecule has 1 aliphatic rings. The summed E-state index contributed by atoms with van der Waals surface area (Å²) < 4.78 is 0. The number of amides is 1. The first kappa shape index (κ1) is 16.0. The van der Waals surface area contributed by atoms with Crippen LogP contribution in [0.1, 0.15) is 50.7 Å². The van der Waals surface area contributed by atoms with Crippen molar-refractivity contribution in [2.75, 3.05) is 6.54 Å². The van der Waals surface area contributed by atoms with Gasteiger partial charge in [0.1, 0.15) is 0 Å². The maximum absolute atomic E-state index is 12.7. The predicted molar refractivity (Wildman–Crippen MR) is 86.8 cm³/mol. The van der Waals surface area contributed by atoms with Crippen molar-refractivity contribution in [3.05, 3.63) is 35.4 Å². The minimum absolute atomic E-state index is 0.00878. The van der Waals surface area contributed by atoms with Gasteiger partial charge in [-0.15, -0.1) is 0 Å². The summed E-state index contributed by atoms with van der Waals surface area (Å²) in [5.74, 6) is 0.243. The minimum Gasteiger partial charge on any atom is -0.335 e. The van der Waals surface area contributed by atoms with Gasteiger partial charge in [0, 0.05) is 19.1 Å². The number of carbonyl (C=O) groups is 1. The molecule has 2 rings (SSSR count). The van der Waals surface area contributed by atoms with Crippen LogP contribution in [0.5, 0.6) is 0 Å². The summed E-state index contributed by atoms with van der Waals surface area (Å²) in [6.07, 6.45) is 5.24. The highest BCUT2D eigenvalue weighted by Crippen LogP contribution is 2.30. The molecule has 0 radical (unpaired) electrons. The lowest BCUT2D eigenvalue weighted by molar-refractivity contribution is -0.136. The summed E-state index contributed by atoms with van der Waals surface area (Å²) in [4.78, 5) is 14.8. The van der Waals surface area contributed by atoms with E-state index in [1.165, 1.54) is 11.1 Å². The van der Waals surface area contributed by atoms with Crippen molar-refractivity contribution < 1.29 is 4.79 Å². The molecule has 1 aliphatic carbocycles.